The Hall–Kier alpha value is -2.53. The average molecular weight is 340 g/mol. The van der Waals surface area contributed by atoms with E-state index in [0.29, 0.717) is 10.7 Å². The number of carbonyl (C=O) groups excluding carboxylic acids is 1. The van der Waals surface area contributed by atoms with E-state index in [1.165, 1.54) is 17.4 Å². The molecule has 122 valence electrons. The van der Waals surface area contributed by atoms with Crippen molar-refractivity contribution >= 4 is 22.4 Å². The number of nitrogens with one attached hydrogen (secondary N) is 1. The first-order valence-corrected chi connectivity index (χ1v) is 8.47. The van der Waals surface area contributed by atoms with Crippen LogP contribution in [0.5, 0.6) is 0 Å². The van der Waals surface area contributed by atoms with Crippen LogP contribution in [0.4, 0.5) is 9.52 Å². The summed E-state index contributed by atoms with van der Waals surface area (Å²) in [6, 6.07) is 12.5. The summed E-state index contributed by atoms with van der Waals surface area (Å²) in [7, 11) is 0. The predicted octanol–water partition coefficient (Wildman–Crippen LogP) is 4.75. The molecule has 0 aliphatic rings. The minimum absolute atomic E-state index is 0.00887. The van der Waals surface area contributed by atoms with Crippen molar-refractivity contribution in [2.75, 3.05) is 5.32 Å². The van der Waals surface area contributed by atoms with E-state index in [4.69, 9.17) is 0 Å². The van der Waals surface area contributed by atoms with Crippen LogP contribution in [0.3, 0.4) is 0 Å². The van der Waals surface area contributed by atoms with Gasteiger partial charge in [-0.15, -0.1) is 11.3 Å². The highest BCUT2D eigenvalue weighted by Gasteiger charge is 2.12. The van der Waals surface area contributed by atoms with Gasteiger partial charge < -0.3 is 5.32 Å². The third-order valence-corrected chi connectivity index (χ3v) is 4.49. The number of aryl methyl sites for hydroxylation is 2. The van der Waals surface area contributed by atoms with Crippen molar-refractivity contribution in [2.24, 2.45) is 0 Å². The monoisotopic (exact) mass is 340 g/mol. The van der Waals surface area contributed by atoms with Crippen LogP contribution in [-0.4, -0.2) is 10.9 Å². The molecule has 1 heterocycles. The van der Waals surface area contributed by atoms with Crippen LogP contribution in [0.2, 0.25) is 0 Å². The lowest BCUT2D eigenvalue weighted by Crippen LogP contribution is -2.15. The number of nitrogens with zero attached hydrogens (tertiary/aromatic N) is 1. The van der Waals surface area contributed by atoms with Gasteiger partial charge in [0, 0.05) is 10.9 Å². The summed E-state index contributed by atoms with van der Waals surface area (Å²) in [6.45, 7) is 4.07. The van der Waals surface area contributed by atoms with Crippen molar-refractivity contribution in [1.29, 1.82) is 0 Å². The van der Waals surface area contributed by atoms with Gasteiger partial charge in [-0.2, -0.15) is 0 Å². The van der Waals surface area contributed by atoms with E-state index < -0.39 is 0 Å². The molecule has 0 fully saturated rings. The van der Waals surface area contributed by atoms with Crippen LogP contribution < -0.4 is 5.32 Å². The number of hydrogen-bond donors (Lipinski definition) is 1. The molecule has 3 rings (SSSR count). The van der Waals surface area contributed by atoms with E-state index >= 15 is 0 Å². The summed E-state index contributed by atoms with van der Waals surface area (Å²) in [4.78, 5) is 16.6. The molecule has 0 saturated heterocycles. The zero-order chi connectivity index (χ0) is 17.1. The Balaban J connectivity index is 1.73. The van der Waals surface area contributed by atoms with Crippen molar-refractivity contribution in [2.45, 2.75) is 20.3 Å². The first-order valence-electron chi connectivity index (χ1n) is 7.59. The summed E-state index contributed by atoms with van der Waals surface area (Å²) in [5.74, 6) is -0.648. The zero-order valence-electron chi connectivity index (χ0n) is 13.5. The number of hydrogen-bond acceptors (Lipinski definition) is 3. The summed E-state index contributed by atoms with van der Waals surface area (Å²) >= 11 is 1.37. The first kappa shape index (κ1) is 16.3. The maximum absolute atomic E-state index is 13.6. The Morgan fingerprint density at radius 3 is 2.79 bits per heavy atom. The third kappa shape index (κ3) is 3.68. The maximum Gasteiger partial charge on any atom is 0.230 e. The summed E-state index contributed by atoms with van der Waals surface area (Å²) in [6.07, 6.45) is -0.00887. The van der Waals surface area contributed by atoms with Gasteiger partial charge in [-0.25, -0.2) is 9.37 Å². The van der Waals surface area contributed by atoms with Crippen molar-refractivity contribution in [3.63, 3.8) is 0 Å². The number of thiazole rings is 1. The highest BCUT2D eigenvalue weighted by molar-refractivity contribution is 7.14. The van der Waals surface area contributed by atoms with E-state index in [1.54, 1.807) is 18.2 Å². The summed E-state index contributed by atoms with van der Waals surface area (Å²) in [5, 5.41) is 5.18. The van der Waals surface area contributed by atoms with Gasteiger partial charge in [-0.3, -0.25) is 4.79 Å². The molecule has 1 amide bonds. The minimum Gasteiger partial charge on any atom is -0.302 e. The molecule has 3 aromatic rings. The van der Waals surface area contributed by atoms with E-state index in [9.17, 15) is 9.18 Å². The van der Waals surface area contributed by atoms with Crippen LogP contribution in [0, 0.1) is 19.7 Å². The van der Waals surface area contributed by atoms with Crippen LogP contribution in [0.25, 0.3) is 11.3 Å². The molecule has 2 aromatic carbocycles. The lowest BCUT2D eigenvalue weighted by atomic mass is 10.0. The third-order valence-electron chi connectivity index (χ3n) is 3.73. The highest BCUT2D eigenvalue weighted by Crippen LogP contribution is 2.28. The largest absolute Gasteiger partial charge is 0.302 e. The number of rotatable bonds is 4. The molecule has 3 nitrogen and oxygen atoms in total. The molecule has 0 unspecified atom stereocenters. The van der Waals surface area contributed by atoms with Crippen molar-refractivity contribution in [3.8, 4) is 11.3 Å². The minimum atomic E-state index is -0.372. The normalized spacial score (nSPS) is 10.6. The second kappa shape index (κ2) is 6.93. The molecule has 0 bridgehead atoms. The molecule has 0 saturated carbocycles. The van der Waals surface area contributed by atoms with Crippen LogP contribution in [0.15, 0.2) is 47.8 Å². The standard InChI is InChI=1S/C19H17FN2OS/c1-12-7-8-13(2)15(9-12)17-11-24-19(21-17)22-18(23)10-14-5-3-4-6-16(14)20/h3-9,11H,10H2,1-2H3,(H,21,22,23). The number of halogens is 1. The van der Waals surface area contributed by atoms with Gasteiger partial charge in [0.1, 0.15) is 5.82 Å². The van der Waals surface area contributed by atoms with Crippen LogP contribution in [0.1, 0.15) is 16.7 Å². The molecule has 0 atom stereocenters. The van der Waals surface area contributed by atoms with E-state index in [-0.39, 0.29) is 18.1 Å². The lowest BCUT2D eigenvalue weighted by Gasteiger charge is -2.04. The Morgan fingerprint density at radius 1 is 1.21 bits per heavy atom. The highest BCUT2D eigenvalue weighted by atomic mass is 32.1. The summed E-state index contributed by atoms with van der Waals surface area (Å²) in [5.41, 5.74) is 4.56. The van der Waals surface area contributed by atoms with E-state index in [2.05, 4.69) is 28.5 Å². The fourth-order valence-corrected chi connectivity index (χ4v) is 3.17. The average Bonchev–Trinajstić information content (AvgIpc) is 3.00. The van der Waals surface area contributed by atoms with Gasteiger partial charge in [0.05, 0.1) is 12.1 Å². The number of amides is 1. The number of benzene rings is 2. The molecular formula is C19H17FN2OS. The molecule has 1 aromatic heterocycles. The first-order chi connectivity index (χ1) is 11.5. The molecule has 0 aliphatic carbocycles. The number of aromatic nitrogens is 1. The van der Waals surface area contributed by atoms with Crippen molar-refractivity contribution < 1.29 is 9.18 Å². The fourth-order valence-electron chi connectivity index (χ4n) is 2.44. The van der Waals surface area contributed by atoms with Gasteiger partial charge in [-0.05, 0) is 37.1 Å². The van der Waals surface area contributed by atoms with Crippen molar-refractivity contribution in [1.82, 2.24) is 4.98 Å². The quantitative estimate of drug-likeness (QED) is 0.745. The number of carbonyl (C=O) groups is 1. The molecule has 0 radical (unpaired) electrons. The van der Waals surface area contributed by atoms with Crippen LogP contribution >= 0.6 is 11.3 Å². The maximum atomic E-state index is 13.6. The van der Waals surface area contributed by atoms with Gasteiger partial charge in [-0.1, -0.05) is 35.9 Å². The number of anilines is 1. The second-order valence-corrected chi connectivity index (χ2v) is 6.53. The Labute approximate surface area is 144 Å². The molecule has 0 spiro atoms. The topological polar surface area (TPSA) is 42.0 Å². The molecular weight excluding hydrogens is 323 g/mol. The predicted molar refractivity (Wildman–Crippen MR) is 95.8 cm³/mol. The Kier molecular flexibility index (Phi) is 4.71. The van der Waals surface area contributed by atoms with E-state index in [0.717, 1.165) is 22.4 Å². The molecule has 24 heavy (non-hydrogen) atoms. The molecule has 5 heteroatoms. The zero-order valence-corrected chi connectivity index (χ0v) is 14.3. The van der Waals surface area contributed by atoms with Gasteiger partial charge in [0.15, 0.2) is 5.13 Å². The molecule has 1 N–H and O–H groups in total. The fraction of sp³-hybridized carbons (Fsp3) is 0.158. The lowest BCUT2D eigenvalue weighted by molar-refractivity contribution is -0.115. The Bertz CT molecular complexity index is 889. The SMILES string of the molecule is Cc1ccc(C)c(-c2csc(NC(=O)Cc3ccccc3F)n2)c1. The van der Waals surface area contributed by atoms with Gasteiger partial charge in [0.25, 0.3) is 0 Å². The van der Waals surface area contributed by atoms with Crippen molar-refractivity contribution in [3.05, 3.63) is 70.4 Å². The van der Waals surface area contributed by atoms with Gasteiger partial charge >= 0.3 is 0 Å². The Morgan fingerprint density at radius 2 is 2.00 bits per heavy atom. The van der Waals surface area contributed by atoms with Gasteiger partial charge in [0.2, 0.25) is 5.91 Å². The smallest absolute Gasteiger partial charge is 0.230 e. The van der Waals surface area contributed by atoms with Crippen LogP contribution in [-0.2, 0) is 11.2 Å². The molecule has 0 aliphatic heterocycles. The van der Waals surface area contributed by atoms with E-state index in [1.807, 2.05) is 19.2 Å². The summed E-state index contributed by atoms with van der Waals surface area (Å²) < 4.78 is 13.6. The second-order valence-electron chi connectivity index (χ2n) is 5.67.